The van der Waals surface area contributed by atoms with Gasteiger partial charge in [0.05, 0.1) is 15.8 Å². The number of carbonyl (C=O) groups is 1. The molecule has 0 spiro atoms. The highest BCUT2D eigenvalue weighted by Gasteiger charge is 2.15. The van der Waals surface area contributed by atoms with Crippen LogP contribution in [0.1, 0.15) is 47.5 Å². The zero-order valence-corrected chi connectivity index (χ0v) is 14.3. The number of carbonyl (C=O) groups excluding carboxylic acids is 1. The molecule has 0 rings (SSSR count). The first-order valence-electron chi connectivity index (χ1n) is 5.83. The SMILES string of the molecule is CC.CC(C)(C)OC(=O)NCCCCOSI. The van der Waals surface area contributed by atoms with E-state index in [2.05, 4.69) is 26.5 Å². The van der Waals surface area contributed by atoms with Crippen LogP contribution in [0.5, 0.6) is 0 Å². The Morgan fingerprint density at radius 1 is 1.29 bits per heavy atom. The van der Waals surface area contributed by atoms with E-state index < -0.39 is 5.60 Å². The molecule has 1 N–H and O–H groups in total. The molecule has 0 aliphatic rings. The van der Waals surface area contributed by atoms with Gasteiger partial charge in [0.1, 0.15) is 5.60 Å². The van der Waals surface area contributed by atoms with E-state index in [9.17, 15) is 4.79 Å². The third-order valence-corrected chi connectivity index (χ3v) is 2.39. The summed E-state index contributed by atoms with van der Waals surface area (Å²) in [6, 6.07) is 0. The van der Waals surface area contributed by atoms with Gasteiger partial charge in [0, 0.05) is 27.8 Å². The molecule has 4 nitrogen and oxygen atoms in total. The second kappa shape index (κ2) is 12.8. The van der Waals surface area contributed by atoms with Crippen molar-refractivity contribution in [3.8, 4) is 0 Å². The summed E-state index contributed by atoms with van der Waals surface area (Å²) in [4.78, 5) is 11.2. The Labute approximate surface area is 121 Å². The summed E-state index contributed by atoms with van der Waals surface area (Å²) in [7, 11) is 1.33. The Hall–Kier alpha value is 0.310. The van der Waals surface area contributed by atoms with E-state index in [1.165, 1.54) is 9.21 Å². The van der Waals surface area contributed by atoms with Crippen molar-refractivity contribution < 1.29 is 13.7 Å². The molecule has 6 heteroatoms. The number of hydrogen-bond donors (Lipinski definition) is 1. The number of amides is 1. The first-order valence-corrected chi connectivity index (χ1v) is 9.11. The lowest BCUT2D eigenvalue weighted by Gasteiger charge is -2.19. The van der Waals surface area contributed by atoms with Crippen LogP contribution in [0.2, 0.25) is 0 Å². The molecule has 0 radical (unpaired) electrons. The molecule has 0 aromatic heterocycles. The summed E-state index contributed by atoms with van der Waals surface area (Å²) in [5.41, 5.74) is -0.426. The predicted molar refractivity (Wildman–Crippen MR) is 82.4 cm³/mol. The lowest BCUT2D eigenvalue weighted by Crippen LogP contribution is -2.33. The molecule has 17 heavy (non-hydrogen) atoms. The molecule has 0 aromatic rings. The predicted octanol–water partition coefficient (Wildman–Crippen LogP) is 4.33. The molecule has 0 aliphatic heterocycles. The van der Waals surface area contributed by atoms with Crippen LogP contribution in [0.25, 0.3) is 0 Å². The van der Waals surface area contributed by atoms with Gasteiger partial charge in [-0.05, 0) is 33.6 Å². The van der Waals surface area contributed by atoms with Crippen LogP contribution < -0.4 is 5.32 Å². The highest BCUT2D eigenvalue weighted by atomic mass is 127. The van der Waals surface area contributed by atoms with Crippen LogP contribution in [0.15, 0.2) is 0 Å². The normalized spacial score (nSPS) is 10.2. The molecular weight excluding hydrogens is 353 g/mol. The highest BCUT2D eigenvalue weighted by molar-refractivity contribution is 14.2. The second-order valence-corrected chi connectivity index (χ2v) is 5.46. The van der Waals surface area contributed by atoms with E-state index in [0.717, 1.165) is 12.8 Å². The summed E-state index contributed by atoms with van der Waals surface area (Å²) in [6.45, 7) is 10.9. The number of ether oxygens (including phenoxy) is 1. The highest BCUT2D eigenvalue weighted by Crippen LogP contribution is 2.12. The van der Waals surface area contributed by atoms with Crippen molar-refractivity contribution in [3.05, 3.63) is 0 Å². The molecule has 1 amide bonds. The Balaban J connectivity index is 0. The smallest absolute Gasteiger partial charge is 0.407 e. The fourth-order valence-electron chi connectivity index (χ4n) is 0.822. The fraction of sp³-hybridized carbons (Fsp3) is 0.909. The Kier molecular flexibility index (Phi) is 14.7. The first-order chi connectivity index (χ1) is 7.95. The van der Waals surface area contributed by atoms with Crippen LogP contribution >= 0.6 is 30.4 Å². The average molecular weight is 377 g/mol. The number of nitrogens with one attached hydrogen (secondary N) is 1. The van der Waals surface area contributed by atoms with Gasteiger partial charge in [0.2, 0.25) is 0 Å². The zero-order chi connectivity index (χ0) is 13.7. The maximum atomic E-state index is 11.2. The van der Waals surface area contributed by atoms with E-state index in [1.807, 2.05) is 34.6 Å². The van der Waals surface area contributed by atoms with Gasteiger partial charge >= 0.3 is 6.09 Å². The number of rotatable bonds is 6. The third-order valence-electron chi connectivity index (χ3n) is 1.37. The fourth-order valence-corrected chi connectivity index (χ4v) is 1.54. The first kappa shape index (κ1) is 19.6. The van der Waals surface area contributed by atoms with Gasteiger partial charge < -0.3 is 14.2 Å². The summed E-state index contributed by atoms with van der Waals surface area (Å²) in [5, 5.41) is 2.69. The molecule has 0 saturated heterocycles. The average Bonchev–Trinajstić information content (AvgIpc) is 2.23. The molecule has 0 bridgehead atoms. The second-order valence-electron chi connectivity index (χ2n) is 4.02. The lowest BCUT2D eigenvalue weighted by atomic mass is 10.2. The standard InChI is InChI=1S/C9H18INO3S.C2H6/c1-9(2,3)14-8(12)11-6-4-5-7-13-15-10;1-2/h4-7H2,1-3H3,(H,11,12);1-2H3. The van der Waals surface area contributed by atoms with Crippen LogP contribution in [0.3, 0.4) is 0 Å². The largest absolute Gasteiger partial charge is 0.444 e. The van der Waals surface area contributed by atoms with Crippen molar-refractivity contribution in [3.63, 3.8) is 0 Å². The summed E-state index contributed by atoms with van der Waals surface area (Å²) in [6.07, 6.45) is 1.48. The summed E-state index contributed by atoms with van der Waals surface area (Å²) >= 11 is 2.08. The van der Waals surface area contributed by atoms with Gasteiger partial charge in [-0.2, -0.15) is 0 Å². The number of unbranched alkanes of at least 4 members (excludes halogenated alkanes) is 1. The molecule has 0 atom stereocenters. The van der Waals surface area contributed by atoms with Gasteiger partial charge in [0.25, 0.3) is 0 Å². The van der Waals surface area contributed by atoms with Crippen LogP contribution in [0, 0.1) is 0 Å². The number of halogens is 1. The van der Waals surface area contributed by atoms with Gasteiger partial charge in [-0.15, -0.1) is 0 Å². The van der Waals surface area contributed by atoms with Crippen LogP contribution in [-0.2, 0) is 8.92 Å². The molecule has 0 unspecified atom stereocenters. The minimum Gasteiger partial charge on any atom is -0.444 e. The lowest BCUT2D eigenvalue weighted by molar-refractivity contribution is 0.0526. The van der Waals surface area contributed by atoms with Crippen molar-refractivity contribution in [2.45, 2.75) is 53.1 Å². The van der Waals surface area contributed by atoms with Crippen molar-refractivity contribution in [1.82, 2.24) is 5.32 Å². The monoisotopic (exact) mass is 377 g/mol. The topological polar surface area (TPSA) is 47.6 Å². The minimum atomic E-state index is -0.426. The van der Waals surface area contributed by atoms with E-state index in [0.29, 0.717) is 13.2 Å². The third kappa shape index (κ3) is 18.9. The van der Waals surface area contributed by atoms with Crippen molar-refractivity contribution in [2.75, 3.05) is 13.2 Å². The molecule has 0 heterocycles. The molecule has 0 fully saturated rings. The Bertz CT molecular complexity index is 186. The van der Waals surface area contributed by atoms with Crippen LogP contribution in [0.4, 0.5) is 4.79 Å². The molecule has 104 valence electrons. The number of alkyl carbamates (subject to hydrolysis) is 1. The van der Waals surface area contributed by atoms with Crippen molar-refractivity contribution in [1.29, 1.82) is 0 Å². The summed E-state index contributed by atoms with van der Waals surface area (Å²) in [5.74, 6) is 0. The maximum Gasteiger partial charge on any atom is 0.407 e. The molecule has 0 aromatic carbocycles. The van der Waals surface area contributed by atoms with Crippen molar-refractivity contribution in [2.24, 2.45) is 0 Å². The van der Waals surface area contributed by atoms with Crippen LogP contribution in [-0.4, -0.2) is 24.8 Å². The minimum absolute atomic E-state index is 0.355. The Morgan fingerprint density at radius 2 is 1.88 bits per heavy atom. The van der Waals surface area contributed by atoms with Gasteiger partial charge in [-0.25, -0.2) is 4.79 Å². The van der Waals surface area contributed by atoms with Gasteiger partial charge in [-0.1, -0.05) is 13.8 Å². The van der Waals surface area contributed by atoms with E-state index >= 15 is 0 Å². The quantitative estimate of drug-likeness (QED) is 0.425. The van der Waals surface area contributed by atoms with E-state index in [-0.39, 0.29) is 6.09 Å². The van der Waals surface area contributed by atoms with Gasteiger partial charge in [0.15, 0.2) is 0 Å². The molecular formula is C11H24INO3S. The summed E-state index contributed by atoms with van der Waals surface area (Å²) < 4.78 is 10.2. The Morgan fingerprint density at radius 3 is 2.35 bits per heavy atom. The molecule has 0 aliphatic carbocycles. The van der Waals surface area contributed by atoms with E-state index in [4.69, 9.17) is 8.92 Å². The van der Waals surface area contributed by atoms with E-state index in [1.54, 1.807) is 0 Å². The maximum absolute atomic E-state index is 11.2. The zero-order valence-electron chi connectivity index (χ0n) is 11.3. The number of hydrogen-bond acceptors (Lipinski definition) is 4. The molecule has 0 saturated carbocycles. The van der Waals surface area contributed by atoms with Gasteiger partial charge in [-0.3, -0.25) is 0 Å². The van der Waals surface area contributed by atoms with Crippen molar-refractivity contribution >= 4 is 36.5 Å².